The van der Waals surface area contributed by atoms with Crippen LogP contribution in [0.15, 0.2) is 46.6 Å². The van der Waals surface area contributed by atoms with Gasteiger partial charge in [-0.3, -0.25) is 4.99 Å². The lowest BCUT2D eigenvalue weighted by Crippen LogP contribution is -2.02. The second-order valence-electron chi connectivity index (χ2n) is 3.34. The van der Waals surface area contributed by atoms with E-state index in [1.807, 2.05) is 51.1 Å². The zero-order chi connectivity index (χ0) is 10.6. The van der Waals surface area contributed by atoms with Gasteiger partial charge in [0.2, 0.25) is 0 Å². The van der Waals surface area contributed by atoms with E-state index in [4.69, 9.17) is 5.73 Å². The lowest BCUT2D eigenvalue weighted by molar-refractivity contribution is 1.25. The highest BCUT2D eigenvalue weighted by Crippen LogP contribution is 2.12. The Labute approximate surface area is 85.2 Å². The molecular formula is C12H16N2. The number of nitrogens with two attached hydrogens (primary N) is 1. The minimum atomic E-state index is 0.821. The third kappa shape index (κ3) is 2.73. The minimum absolute atomic E-state index is 0.821. The third-order valence-electron chi connectivity index (χ3n) is 2.19. The molecule has 0 amide bonds. The number of para-hydroxylation sites is 1. The van der Waals surface area contributed by atoms with Crippen molar-refractivity contribution in [3.05, 3.63) is 41.6 Å². The van der Waals surface area contributed by atoms with E-state index in [1.165, 1.54) is 0 Å². The summed E-state index contributed by atoms with van der Waals surface area (Å²) in [6.07, 6.45) is 0. The molecule has 0 aliphatic rings. The summed E-state index contributed by atoms with van der Waals surface area (Å²) in [6, 6.07) is 9.87. The first-order chi connectivity index (χ1) is 6.61. The summed E-state index contributed by atoms with van der Waals surface area (Å²) in [6.45, 7) is 5.84. The fraction of sp³-hybridized carbons (Fsp3) is 0.250. The van der Waals surface area contributed by atoms with Crippen LogP contribution in [0.2, 0.25) is 0 Å². The predicted molar refractivity (Wildman–Crippen MR) is 61.8 cm³/mol. The maximum absolute atomic E-state index is 5.69. The Morgan fingerprint density at radius 1 is 1.07 bits per heavy atom. The molecule has 1 rings (SSSR count). The molecule has 0 aromatic heterocycles. The molecule has 0 aliphatic carbocycles. The highest BCUT2D eigenvalue weighted by Gasteiger charge is 1.97. The van der Waals surface area contributed by atoms with Crippen molar-refractivity contribution in [2.24, 2.45) is 10.7 Å². The molecule has 0 unspecified atom stereocenters. The molecule has 0 saturated carbocycles. The Hall–Kier alpha value is -1.57. The first-order valence-corrected chi connectivity index (χ1v) is 4.65. The van der Waals surface area contributed by atoms with Crippen molar-refractivity contribution in [3.8, 4) is 0 Å². The summed E-state index contributed by atoms with van der Waals surface area (Å²) in [5, 5.41) is 0. The highest BCUT2D eigenvalue weighted by molar-refractivity contribution is 5.99. The van der Waals surface area contributed by atoms with E-state index in [-0.39, 0.29) is 0 Å². The number of nitrogens with zero attached hydrogens (tertiary/aromatic N) is 1. The SMILES string of the molecule is CC(=Nc1ccccc1)/C(C)=C(\C)N. The summed E-state index contributed by atoms with van der Waals surface area (Å²) in [4.78, 5) is 4.46. The molecule has 2 heteroatoms. The molecule has 74 valence electrons. The van der Waals surface area contributed by atoms with Crippen LogP contribution in [0.25, 0.3) is 0 Å². The number of hydrogen-bond acceptors (Lipinski definition) is 2. The van der Waals surface area contributed by atoms with Gasteiger partial charge in [0.1, 0.15) is 0 Å². The van der Waals surface area contributed by atoms with Crippen LogP contribution in [0.1, 0.15) is 20.8 Å². The van der Waals surface area contributed by atoms with Crippen LogP contribution in [0.5, 0.6) is 0 Å². The highest BCUT2D eigenvalue weighted by atomic mass is 14.7. The molecule has 1 aromatic carbocycles. The molecule has 0 saturated heterocycles. The molecule has 0 bridgehead atoms. The van der Waals surface area contributed by atoms with Crippen molar-refractivity contribution in [1.82, 2.24) is 0 Å². The van der Waals surface area contributed by atoms with Crippen LogP contribution in [0, 0.1) is 0 Å². The van der Waals surface area contributed by atoms with Crippen molar-refractivity contribution < 1.29 is 0 Å². The van der Waals surface area contributed by atoms with Gasteiger partial charge in [0.15, 0.2) is 0 Å². The first kappa shape index (κ1) is 10.5. The monoisotopic (exact) mass is 188 g/mol. The quantitative estimate of drug-likeness (QED) is 0.712. The zero-order valence-electron chi connectivity index (χ0n) is 8.91. The summed E-state index contributed by atoms with van der Waals surface area (Å²) in [5.74, 6) is 0. The van der Waals surface area contributed by atoms with Crippen LogP contribution < -0.4 is 5.73 Å². The van der Waals surface area contributed by atoms with Gasteiger partial charge in [0, 0.05) is 11.4 Å². The lowest BCUT2D eigenvalue weighted by atomic mass is 10.1. The maximum Gasteiger partial charge on any atom is 0.0632 e. The van der Waals surface area contributed by atoms with Crippen molar-refractivity contribution in [2.45, 2.75) is 20.8 Å². The van der Waals surface area contributed by atoms with Crippen molar-refractivity contribution >= 4 is 11.4 Å². The van der Waals surface area contributed by atoms with Crippen LogP contribution in [-0.2, 0) is 0 Å². The van der Waals surface area contributed by atoms with Crippen molar-refractivity contribution in [1.29, 1.82) is 0 Å². The van der Waals surface area contributed by atoms with Gasteiger partial charge >= 0.3 is 0 Å². The molecule has 0 radical (unpaired) electrons. The number of allylic oxidation sites excluding steroid dienone is 2. The van der Waals surface area contributed by atoms with E-state index in [9.17, 15) is 0 Å². The topological polar surface area (TPSA) is 38.4 Å². The fourth-order valence-electron chi connectivity index (χ4n) is 1.07. The Morgan fingerprint density at radius 3 is 2.14 bits per heavy atom. The Kier molecular flexibility index (Phi) is 3.46. The van der Waals surface area contributed by atoms with E-state index in [1.54, 1.807) is 0 Å². The smallest absolute Gasteiger partial charge is 0.0632 e. The largest absolute Gasteiger partial charge is 0.402 e. The Bertz CT molecular complexity index is 357. The average Bonchev–Trinajstić information content (AvgIpc) is 2.18. The van der Waals surface area contributed by atoms with Gasteiger partial charge in [-0.15, -0.1) is 0 Å². The van der Waals surface area contributed by atoms with E-state index >= 15 is 0 Å². The summed E-state index contributed by atoms with van der Waals surface area (Å²) in [5.41, 5.74) is 9.49. The van der Waals surface area contributed by atoms with Crippen LogP contribution in [0.4, 0.5) is 5.69 Å². The Balaban J connectivity index is 2.96. The number of rotatable bonds is 2. The summed E-state index contributed by atoms with van der Waals surface area (Å²) in [7, 11) is 0. The molecule has 0 aliphatic heterocycles. The number of hydrogen-bond donors (Lipinski definition) is 1. The molecule has 2 nitrogen and oxygen atoms in total. The standard InChI is InChI=1S/C12H16N2/c1-9(10(2)13)11(3)14-12-7-5-4-6-8-12/h4-8H,13H2,1-3H3/b10-9+,14-11?. The summed E-state index contributed by atoms with van der Waals surface area (Å²) < 4.78 is 0. The van der Waals surface area contributed by atoms with E-state index in [0.29, 0.717) is 0 Å². The molecule has 0 atom stereocenters. The maximum atomic E-state index is 5.69. The van der Waals surface area contributed by atoms with Crippen LogP contribution in [-0.4, -0.2) is 5.71 Å². The molecule has 1 aromatic rings. The fourth-order valence-corrected chi connectivity index (χ4v) is 1.07. The van der Waals surface area contributed by atoms with Gasteiger partial charge in [0.25, 0.3) is 0 Å². The van der Waals surface area contributed by atoms with Gasteiger partial charge in [-0.25, -0.2) is 0 Å². The Morgan fingerprint density at radius 2 is 1.64 bits per heavy atom. The average molecular weight is 188 g/mol. The second-order valence-corrected chi connectivity index (χ2v) is 3.34. The molecule has 0 fully saturated rings. The lowest BCUT2D eigenvalue weighted by Gasteiger charge is -2.03. The molecule has 2 N–H and O–H groups in total. The second kappa shape index (κ2) is 4.61. The van der Waals surface area contributed by atoms with E-state index in [0.717, 1.165) is 22.7 Å². The van der Waals surface area contributed by atoms with Crippen LogP contribution in [0.3, 0.4) is 0 Å². The molecule has 14 heavy (non-hydrogen) atoms. The number of aliphatic imine (C=N–C) groups is 1. The van der Waals surface area contributed by atoms with Gasteiger partial charge in [-0.05, 0) is 38.5 Å². The van der Waals surface area contributed by atoms with E-state index in [2.05, 4.69) is 4.99 Å². The van der Waals surface area contributed by atoms with Crippen molar-refractivity contribution in [3.63, 3.8) is 0 Å². The molecule has 0 heterocycles. The number of benzene rings is 1. The van der Waals surface area contributed by atoms with Crippen LogP contribution >= 0.6 is 0 Å². The van der Waals surface area contributed by atoms with Gasteiger partial charge in [-0.2, -0.15) is 0 Å². The molecular weight excluding hydrogens is 172 g/mol. The zero-order valence-corrected chi connectivity index (χ0v) is 8.91. The minimum Gasteiger partial charge on any atom is -0.402 e. The van der Waals surface area contributed by atoms with Gasteiger partial charge in [-0.1, -0.05) is 18.2 Å². The van der Waals surface area contributed by atoms with E-state index < -0.39 is 0 Å². The van der Waals surface area contributed by atoms with Gasteiger partial charge in [0.05, 0.1) is 5.69 Å². The molecule has 0 spiro atoms. The summed E-state index contributed by atoms with van der Waals surface area (Å²) >= 11 is 0. The first-order valence-electron chi connectivity index (χ1n) is 4.65. The normalized spacial score (nSPS) is 13.8. The van der Waals surface area contributed by atoms with Gasteiger partial charge < -0.3 is 5.73 Å². The van der Waals surface area contributed by atoms with Crippen molar-refractivity contribution in [2.75, 3.05) is 0 Å². The third-order valence-corrected chi connectivity index (χ3v) is 2.19. The predicted octanol–water partition coefficient (Wildman–Crippen LogP) is 3.03.